The van der Waals surface area contributed by atoms with Gasteiger partial charge in [-0.3, -0.25) is 0 Å². The Morgan fingerprint density at radius 3 is 0.962 bits per heavy atom. The van der Waals surface area contributed by atoms with E-state index in [1.807, 2.05) is 24.3 Å². The molecule has 0 saturated heterocycles. The minimum absolute atomic E-state index is 0.133. The molecule has 12 heteroatoms. The number of rotatable bonds is 9. The first kappa shape index (κ1) is 36.2. The van der Waals surface area contributed by atoms with E-state index in [0.29, 0.717) is 13.8 Å². The van der Waals surface area contributed by atoms with Gasteiger partial charge in [0.05, 0.1) is 25.3 Å². The highest BCUT2D eigenvalue weighted by Gasteiger charge is 2.33. The Morgan fingerprint density at radius 2 is 0.731 bits per heavy atom. The van der Waals surface area contributed by atoms with Crippen molar-refractivity contribution in [2.24, 2.45) is 0 Å². The Bertz CT molecular complexity index is 2320. The summed E-state index contributed by atoms with van der Waals surface area (Å²) >= 11 is 6.49. The molecule has 52 heavy (non-hydrogen) atoms. The Balaban J connectivity index is 1.18. The maximum atomic E-state index is 14.3. The normalized spacial score (nSPS) is 12.6. The highest BCUT2D eigenvalue weighted by Crippen LogP contribution is 2.45. The van der Waals surface area contributed by atoms with E-state index in [-0.39, 0.29) is 11.1 Å². The van der Waals surface area contributed by atoms with Crippen LogP contribution in [0.2, 0.25) is 0 Å². The summed E-state index contributed by atoms with van der Waals surface area (Å²) in [5.74, 6) is -6.69. The third-order valence-corrected chi connectivity index (χ3v) is 12.9. The topological polar surface area (TPSA) is 56.3 Å². The summed E-state index contributed by atoms with van der Waals surface area (Å²) < 4.78 is 57.2. The number of halogens is 4. The summed E-state index contributed by atoms with van der Waals surface area (Å²) in [7, 11) is 0. The van der Waals surface area contributed by atoms with Gasteiger partial charge in [-0.05, 0) is 70.8 Å². The average Bonchev–Trinajstić information content (AvgIpc) is 3.95. The molecule has 4 nitrogen and oxygen atoms in total. The number of allylic oxidation sites excluding steroid dienone is 4. The summed E-state index contributed by atoms with van der Waals surface area (Å²) in [6.45, 7) is 15.6. The van der Waals surface area contributed by atoms with Gasteiger partial charge < -0.3 is 0 Å². The van der Waals surface area contributed by atoms with Gasteiger partial charge in [-0.2, -0.15) is 0 Å². The number of hydrogen-bond donors (Lipinski definition) is 0. The van der Waals surface area contributed by atoms with Crippen LogP contribution in [0.1, 0.15) is 25.0 Å². The fourth-order valence-electron chi connectivity index (χ4n) is 5.53. The average molecular weight is 763 g/mol. The zero-order chi connectivity index (χ0) is 37.2. The molecule has 4 aromatic heterocycles. The molecule has 254 valence electrons. The Labute approximate surface area is 313 Å². The van der Waals surface area contributed by atoms with Crippen molar-refractivity contribution in [3.8, 4) is 62.3 Å². The van der Waals surface area contributed by atoms with Crippen LogP contribution in [0.3, 0.4) is 0 Å². The molecule has 0 bridgehead atoms. The van der Waals surface area contributed by atoms with E-state index in [1.165, 1.54) is 24.3 Å². The second-order valence-corrected chi connectivity index (χ2v) is 15.8. The molecule has 0 aliphatic rings. The fourth-order valence-corrected chi connectivity index (χ4v) is 9.83. The summed E-state index contributed by atoms with van der Waals surface area (Å²) in [5, 5.41) is 18.4. The largest absolute Gasteiger partial charge is 0.271 e. The maximum Gasteiger partial charge on any atom is 0.271 e. The highest BCUT2D eigenvalue weighted by molar-refractivity contribution is 7.29. The van der Waals surface area contributed by atoms with Gasteiger partial charge in [0.1, 0.15) is 0 Å². The molecule has 0 aliphatic carbocycles. The summed E-state index contributed by atoms with van der Waals surface area (Å²) in [6, 6.07) is 32.5. The fraction of sp³-hybridized carbons (Fsp3) is 0.100. The van der Waals surface area contributed by atoms with Gasteiger partial charge in [-0.15, -0.1) is 45.3 Å². The summed E-state index contributed by atoms with van der Waals surface area (Å²) in [4.78, 5) is 14.4. The van der Waals surface area contributed by atoms with Crippen LogP contribution in [0, 0.1) is 35.8 Å². The first-order chi connectivity index (χ1) is 24.8. The van der Waals surface area contributed by atoms with Crippen LogP contribution >= 0.6 is 45.3 Å². The van der Waals surface area contributed by atoms with Crippen LogP contribution in [0.25, 0.3) is 71.0 Å². The molecule has 0 atom stereocenters. The summed E-state index contributed by atoms with van der Waals surface area (Å²) in [6.07, 6.45) is 0. The number of alkyl halides is 4. The zero-order valence-corrected chi connectivity index (χ0v) is 30.4. The molecule has 0 fully saturated rings. The van der Waals surface area contributed by atoms with E-state index in [4.69, 9.17) is 13.1 Å². The number of hydrogen-bond acceptors (Lipinski definition) is 6. The van der Waals surface area contributed by atoms with Gasteiger partial charge in [0.2, 0.25) is 0 Å². The molecule has 0 N–H and O–H groups in total. The lowest BCUT2D eigenvalue weighted by molar-refractivity contribution is 0.0881. The van der Waals surface area contributed by atoms with Crippen molar-refractivity contribution in [2.75, 3.05) is 0 Å². The van der Waals surface area contributed by atoms with Crippen molar-refractivity contribution in [1.29, 1.82) is 10.5 Å². The van der Waals surface area contributed by atoms with Crippen molar-refractivity contribution < 1.29 is 17.6 Å². The number of nitrogens with zero attached hydrogens (tertiary/aromatic N) is 4. The van der Waals surface area contributed by atoms with Crippen LogP contribution in [0.4, 0.5) is 17.6 Å². The van der Waals surface area contributed by atoms with Gasteiger partial charge in [-0.1, -0.05) is 48.5 Å². The first-order valence-corrected chi connectivity index (χ1v) is 18.5. The lowest BCUT2D eigenvalue weighted by atomic mass is 9.97. The molecule has 0 aliphatic heterocycles. The molecule has 0 radical (unpaired) electrons. The van der Waals surface area contributed by atoms with Crippen LogP contribution in [-0.4, -0.2) is 11.8 Å². The molecule has 0 unspecified atom stereocenters. The minimum atomic E-state index is -3.34. The molecular formula is C40H22F4N4S4. The third-order valence-electron chi connectivity index (χ3n) is 7.86. The van der Waals surface area contributed by atoms with Crippen LogP contribution in [-0.2, 0) is 0 Å². The smallest absolute Gasteiger partial charge is 0.226 e. The molecule has 0 amide bonds. The van der Waals surface area contributed by atoms with Crippen molar-refractivity contribution in [3.63, 3.8) is 0 Å². The van der Waals surface area contributed by atoms with Crippen LogP contribution < -0.4 is 0 Å². The van der Waals surface area contributed by atoms with E-state index in [9.17, 15) is 28.1 Å². The van der Waals surface area contributed by atoms with E-state index >= 15 is 0 Å². The monoisotopic (exact) mass is 762 g/mol. The first-order valence-electron chi connectivity index (χ1n) is 15.3. The molecule has 0 saturated carbocycles. The summed E-state index contributed by atoms with van der Waals surface area (Å²) in [5.41, 5.74) is -0.472. The predicted octanol–water partition coefficient (Wildman–Crippen LogP) is 13.9. The quantitative estimate of drug-likeness (QED) is 0.0837. The van der Waals surface area contributed by atoms with Crippen molar-refractivity contribution >= 4 is 56.5 Å². The van der Waals surface area contributed by atoms with Gasteiger partial charge in [0, 0.05) is 64.0 Å². The zero-order valence-electron chi connectivity index (χ0n) is 27.2. The van der Waals surface area contributed by atoms with Crippen LogP contribution in [0.5, 0.6) is 0 Å². The van der Waals surface area contributed by atoms with E-state index in [2.05, 4.69) is 34.0 Å². The second kappa shape index (κ2) is 14.6. The molecule has 2 aromatic carbocycles. The van der Waals surface area contributed by atoms with Gasteiger partial charge in [0.25, 0.3) is 23.2 Å². The number of thiophene rings is 4. The lowest BCUT2D eigenvalue weighted by Crippen LogP contribution is -2.14. The third kappa shape index (κ3) is 7.39. The maximum absolute atomic E-state index is 14.3. The number of nitriles is 2. The molecule has 6 aromatic rings. The van der Waals surface area contributed by atoms with Gasteiger partial charge >= 0.3 is 0 Å². The van der Waals surface area contributed by atoms with Gasteiger partial charge in [-0.25, -0.2) is 37.8 Å². The molecule has 4 heterocycles. The minimum Gasteiger partial charge on any atom is -0.226 e. The Hall–Kier alpha value is -5.60. The van der Waals surface area contributed by atoms with Crippen molar-refractivity contribution in [2.45, 2.75) is 25.7 Å². The molecular weight excluding hydrogens is 741 g/mol. The molecule has 6 rings (SSSR count). The molecule has 0 spiro atoms. The standard InChI is InChI=1S/C40H22F4N4S4/c1-39(41,42)37(27(21-45)47-3)25-9-5-23(6-10-25)29-13-15-31(49-29)33-17-19-35(51-33)36-20-18-34(52-36)32-16-14-30(50-32)24-7-11-26(12-8-24)38(40(2,43)44)28(22-46)48-4/h5-20H,1-2H3/b37-27-,38-28+. The van der Waals surface area contributed by atoms with E-state index < -0.39 is 34.4 Å². The Kier molecular flexibility index (Phi) is 10.1. The van der Waals surface area contributed by atoms with Crippen molar-refractivity contribution in [3.05, 3.63) is 142 Å². The van der Waals surface area contributed by atoms with Crippen molar-refractivity contribution in [1.82, 2.24) is 0 Å². The van der Waals surface area contributed by atoms with Gasteiger partial charge in [0.15, 0.2) is 0 Å². The second-order valence-electron chi connectivity index (χ2n) is 11.5. The number of benzene rings is 2. The van der Waals surface area contributed by atoms with Crippen LogP contribution in [0.15, 0.2) is 108 Å². The van der Waals surface area contributed by atoms with E-state index in [1.54, 1.807) is 81.8 Å². The highest BCUT2D eigenvalue weighted by atomic mass is 32.1. The Morgan fingerprint density at radius 1 is 0.481 bits per heavy atom. The lowest BCUT2D eigenvalue weighted by Gasteiger charge is -2.16. The predicted molar refractivity (Wildman–Crippen MR) is 205 cm³/mol. The van der Waals surface area contributed by atoms with E-state index in [0.717, 1.165) is 50.1 Å². The SMILES string of the molecule is [C-]#[N+]/C(C#N)=C(/c1ccc(-c2ccc(-c3ccc(-c4ccc(-c5ccc(-c6ccc(/C(=C(/C#N)[N+]#[C-])C(C)(F)F)cc6)s5)s4)s3)s2)cc1)C(C)(F)F.